The van der Waals surface area contributed by atoms with Crippen LogP contribution in [0.1, 0.15) is 39.6 Å². The Balaban J connectivity index is 1.44. The van der Waals surface area contributed by atoms with Gasteiger partial charge in [-0.25, -0.2) is 8.42 Å². The fourth-order valence-electron chi connectivity index (χ4n) is 4.30. The number of Topliss-reactive ketones (excluding diaryl/α,β-unsaturated/α-hetero) is 1. The number of piperazine rings is 1. The van der Waals surface area contributed by atoms with E-state index in [1.54, 1.807) is 19.1 Å². The third-order valence-corrected chi connectivity index (χ3v) is 7.19. The molecule has 0 saturated carbocycles. The Hall–Kier alpha value is -2.87. The largest absolute Gasteiger partial charge is 0.368 e. The SMILES string of the molecule is CC(=O)c1ccc(N2CCN(C(=O)c3ccc4c(c3)CCCN4S(C)(=O)=O)CC2)cc1. The van der Waals surface area contributed by atoms with E-state index in [1.807, 2.05) is 35.2 Å². The van der Waals surface area contributed by atoms with Gasteiger partial charge in [0.25, 0.3) is 5.91 Å². The monoisotopic (exact) mass is 441 g/mol. The average Bonchev–Trinajstić information content (AvgIpc) is 2.77. The van der Waals surface area contributed by atoms with Gasteiger partial charge in [-0.15, -0.1) is 0 Å². The summed E-state index contributed by atoms with van der Waals surface area (Å²) in [6, 6.07) is 12.9. The Labute approximate surface area is 183 Å². The topological polar surface area (TPSA) is 78.0 Å². The molecule has 4 rings (SSSR count). The first-order valence-electron chi connectivity index (χ1n) is 10.5. The van der Waals surface area contributed by atoms with E-state index in [9.17, 15) is 18.0 Å². The number of carbonyl (C=O) groups is 2. The van der Waals surface area contributed by atoms with Crippen LogP contribution < -0.4 is 9.21 Å². The van der Waals surface area contributed by atoms with Gasteiger partial charge in [0.05, 0.1) is 11.9 Å². The molecule has 2 heterocycles. The number of aryl methyl sites for hydroxylation is 1. The van der Waals surface area contributed by atoms with Crippen LogP contribution in [0.2, 0.25) is 0 Å². The summed E-state index contributed by atoms with van der Waals surface area (Å²) in [5.74, 6) is 0.0255. The number of fused-ring (bicyclic) bond motifs is 1. The predicted octanol–water partition coefficient (Wildman–Crippen LogP) is 2.56. The maximum absolute atomic E-state index is 13.1. The number of hydrogen-bond donors (Lipinski definition) is 0. The van der Waals surface area contributed by atoms with Crippen LogP contribution in [0.5, 0.6) is 0 Å². The lowest BCUT2D eigenvalue weighted by Gasteiger charge is -2.36. The molecule has 0 aromatic heterocycles. The molecule has 0 spiro atoms. The lowest BCUT2D eigenvalue weighted by molar-refractivity contribution is 0.0746. The zero-order valence-electron chi connectivity index (χ0n) is 17.9. The second-order valence-corrected chi connectivity index (χ2v) is 10.1. The zero-order valence-corrected chi connectivity index (χ0v) is 18.7. The summed E-state index contributed by atoms with van der Waals surface area (Å²) >= 11 is 0. The zero-order chi connectivity index (χ0) is 22.2. The summed E-state index contributed by atoms with van der Waals surface area (Å²) in [7, 11) is -3.32. The minimum absolute atomic E-state index is 0.0224. The van der Waals surface area contributed by atoms with Crippen LogP contribution in [0, 0.1) is 0 Å². The van der Waals surface area contributed by atoms with Crippen molar-refractivity contribution in [3.05, 3.63) is 59.2 Å². The van der Waals surface area contributed by atoms with Gasteiger partial charge in [-0.05, 0) is 67.8 Å². The lowest BCUT2D eigenvalue weighted by Crippen LogP contribution is -2.48. The second-order valence-electron chi connectivity index (χ2n) is 8.16. The number of carbonyl (C=O) groups excluding carboxylic acids is 2. The highest BCUT2D eigenvalue weighted by Gasteiger charge is 2.27. The summed E-state index contributed by atoms with van der Waals surface area (Å²) in [4.78, 5) is 28.6. The van der Waals surface area contributed by atoms with E-state index >= 15 is 0 Å². The highest BCUT2D eigenvalue weighted by atomic mass is 32.2. The predicted molar refractivity (Wildman–Crippen MR) is 122 cm³/mol. The number of amides is 1. The van der Waals surface area contributed by atoms with Crippen molar-refractivity contribution >= 4 is 33.1 Å². The Morgan fingerprint density at radius 1 is 0.871 bits per heavy atom. The Kier molecular flexibility index (Phi) is 5.75. The van der Waals surface area contributed by atoms with Gasteiger partial charge in [0.2, 0.25) is 10.0 Å². The van der Waals surface area contributed by atoms with E-state index in [-0.39, 0.29) is 11.7 Å². The molecule has 0 bridgehead atoms. The van der Waals surface area contributed by atoms with Crippen molar-refractivity contribution in [3.8, 4) is 0 Å². The molecule has 1 amide bonds. The summed E-state index contributed by atoms with van der Waals surface area (Å²) in [6.45, 7) is 4.70. The molecule has 164 valence electrons. The molecule has 0 unspecified atom stereocenters. The van der Waals surface area contributed by atoms with Gasteiger partial charge in [-0.2, -0.15) is 0 Å². The van der Waals surface area contributed by atoms with Crippen LogP contribution in [-0.2, 0) is 16.4 Å². The molecule has 1 saturated heterocycles. The molecule has 2 aliphatic heterocycles. The molecule has 2 aromatic rings. The molecule has 0 N–H and O–H groups in total. The number of sulfonamides is 1. The maximum Gasteiger partial charge on any atom is 0.253 e. The van der Waals surface area contributed by atoms with Gasteiger partial charge >= 0.3 is 0 Å². The normalized spacial score (nSPS) is 16.8. The number of anilines is 2. The van der Waals surface area contributed by atoms with Crippen LogP contribution in [0.4, 0.5) is 11.4 Å². The molecule has 7 nitrogen and oxygen atoms in total. The Bertz CT molecular complexity index is 1100. The van der Waals surface area contributed by atoms with Crippen LogP contribution in [0.25, 0.3) is 0 Å². The molecular weight excluding hydrogens is 414 g/mol. The van der Waals surface area contributed by atoms with E-state index in [1.165, 1.54) is 10.6 Å². The second kappa shape index (κ2) is 8.34. The minimum atomic E-state index is -3.32. The van der Waals surface area contributed by atoms with Crippen molar-refractivity contribution in [2.75, 3.05) is 48.2 Å². The quantitative estimate of drug-likeness (QED) is 0.682. The fourth-order valence-corrected chi connectivity index (χ4v) is 5.29. The number of rotatable bonds is 4. The van der Waals surface area contributed by atoms with E-state index in [4.69, 9.17) is 0 Å². The van der Waals surface area contributed by atoms with E-state index < -0.39 is 10.0 Å². The Morgan fingerprint density at radius 2 is 1.52 bits per heavy atom. The van der Waals surface area contributed by atoms with Gasteiger partial charge in [0.15, 0.2) is 5.78 Å². The lowest BCUT2D eigenvalue weighted by atomic mass is 10.00. The van der Waals surface area contributed by atoms with Crippen molar-refractivity contribution < 1.29 is 18.0 Å². The summed E-state index contributed by atoms with van der Waals surface area (Å²) < 4.78 is 25.5. The van der Waals surface area contributed by atoms with Crippen molar-refractivity contribution in [1.82, 2.24) is 4.90 Å². The fraction of sp³-hybridized carbons (Fsp3) is 0.391. The highest BCUT2D eigenvalue weighted by molar-refractivity contribution is 7.92. The van der Waals surface area contributed by atoms with Gasteiger partial charge in [-0.3, -0.25) is 13.9 Å². The summed E-state index contributed by atoms with van der Waals surface area (Å²) in [6.07, 6.45) is 2.74. The van der Waals surface area contributed by atoms with Gasteiger partial charge in [0, 0.05) is 49.5 Å². The number of hydrogen-bond acceptors (Lipinski definition) is 5. The smallest absolute Gasteiger partial charge is 0.253 e. The standard InChI is InChI=1S/C23H27N3O4S/c1-17(27)18-5-8-21(9-6-18)24-12-14-25(15-13-24)23(28)20-7-10-22-19(16-20)4-3-11-26(22)31(2,29)30/h5-10,16H,3-4,11-15H2,1-2H3. The number of benzene rings is 2. The third-order valence-electron chi connectivity index (χ3n) is 6.01. The number of ketones is 1. The average molecular weight is 442 g/mol. The summed E-state index contributed by atoms with van der Waals surface area (Å²) in [5.41, 5.74) is 3.94. The van der Waals surface area contributed by atoms with Crippen molar-refractivity contribution in [1.29, 1.82) is 0 Å². The van der Waals surface area contributed by atoms with E-state index in [0.29, 0.717) is 36.4 Å². The Morgan fingerprint density at radius 3 is 2.13 bits per heavy atom. The van der Waals surface area contributed by atoms with Gasteiger partial charge in [0.1, 0.15) is 0 Å². The van der Waals surface area contributed by atoms with Crippen LogP contribution in [0.3, 0.4) is 0 Å². The molecule has 2 aliphatic rings. The highest BCUT2D eigenvalue weighted by Crippen LogP contribution is 2.30. The molecular formula is C23H27N3O4S. The molecule has 2 aromatic carbocycles. The van der Waals surface area contributed by atoms with E-state index in [2.05, 4.69) is 4.90 Å². The van der Waals surface area contributed by atoms with E-state index in [0.717, 1.165) is 37.2 Å². The first-order valence-corrected chi connectivity index (χ1v) is 12.3. The first-order chi connectivity index (χ1) is 14.7. The van der Waals surface area contributed by atoms with Crippen molar-refractivity contribution in [2.45, 2.75) is 19.8 Å². The van der Waals surface area contributed by atoms with Crippen LogP contribution >= 0.6 is 0 Å². The summed E-state index contributed by atoms with van der Waals surface area (Å²) in [5, 5.41) is 0. The molecule has 0 atom stereocenters. The number of nitrogens with zero attached hydrogens (tertiary/aromatic N) is 3. The van der Waals surface area contributed by atoms with Gasteiger partial charge in [-0.1, -0.05) is 0 Å². The molecule has 8 heteroatoms. The molecule has 0 radical (unpaired) electrons. The molecule has 31 heavy (non-hydrogen) atoms. The van der Waals surface area contributed by atoms with Crippen molar-refractivity contribution in [2.24, 2.45) is 0 Å². The van der Waals surface area contributed by atoms with Crippen LogP contribution in [-0.4, -0.2) is 64.0 Å². The maximum atomic E-state index is 13.1. The van der Waals surface area contributed by atoms with Crippen molar-refractivity contribution in [3.63, 3.8) is 0 Å². The minimum Gasteiger partial charge on any atom is -0.368 e. The van der Waals surface area contributed by atoms with Crippen LogP contribution in [0.15, 0.2) is 42.5 Å². The molecule has 1 fully saturated rings. The third kappa shape index (κ3) is 4.44. The first kappa shape index (κ1) is 21.4. The molecule has 0 aliphatic carbocycles. The van der Waals surface area contributed by atoms with Gasteiger partial charge < -0.3 is 9.80 Å².